The predicted molar refractivity (Wildman–Crippen MR) is 115 cm³/mol. The molecule has 0 spiro atoms. The molecule has 29 heavy (non-hydrogen) atoms. The Balaban J connectivity index is 1.83. The summed E-state index contributed by atoms with van der Waals surface area (Å²) in [7, 11) is 0. The lowest BCUT2D eigenvalue weighted by molar-refractivity contribution is 0.0407. The average Bonchev–Trinajstić information content (AvgIpc) is 2.63. The number of likely N-dealkylation sites (tertiary alicyclic amines) is 1. The first-order valence-corrected chi connectivity index (χ1v) is 10.2. The Hall–Kier alpha value is -1.85. The predicted octanol–water partition coefficient (Wildman–Crippen LogP) is 3.60. The molecule has 3 rings (SSSR count). The number of anilines is 2. The lowest BCUT2D eigenvalue weighted by Gasteiger charge is -2.48. The number of nitrogens with zero attached hydrogens (tertiary/aromatic N) is 1. The van der Waals surface area contributed by atoms with E-state index in [-0.39, 0.29) is 30.4 Å². The van der Waals surface area contributed by atoms with E-state index in [1.165, 1.54) is 23.1 Å². The van der Waals surface area contributed by atoms with Gasteiger partial charge in [0.05, 0.1) is 22.5 Å². The van der Waals surface area contributed by atoms with Crippen molar-refractivity contribution in [3.8, 4) is 0 Å². The number of amides is 1. The monoisotopic (exact) mass is 518 g/mol. The van der Waals surface area contributed by atoms with Crippen LogP contribution in [0.25, 0.3) is 0 Å². The van der Waals surface area contributed by atoms with Crippen molar-refractivity contribution < 1.29 is 18.0 Å². The Morgan fingerprint density at radius 1 is 1.21 bits per heavy atom. The van der Waals surface area contributed by atoms with E-state index >= 15 is 0 Å². The minimum atomic E-state index is -1.24. The van der Waals surface area contributed by atoms with Gasteiger partial charge in [-0.1, -0.05) is 13.8 Å². The van der Waals surface area contributed by atoms with Crippen molar-refractivity contribution in [2.45, 2.75) is 25.4 Å². The summed E-state index contributed by atoms with van der Waals surface area (Å²) >= 11 is 1.94. The third-order valence-corrected chi connectivity index (χ3v) is 5.35. The first-order chi connectivity index (χ1) is 13.6. The minimum Gasteiger partial charge on any atom is -0.350 e. The van der Waals surface area contributed by atoms with Crippen LogP contribution in [0.1, 0.15) is 24.2 Å². The number of hydrogen-bond donors (Lipinski definition) is 3. The first kappa shape index (κ1) is 21.8. The summed E-state index contributed by atoms with van der Waals surface area (Å²) in [6, 6.07) is 6.60. The van der Waals surface area contributed by atoms with Gasteiger partial charge in [0, 0.05) is 29.2 Å². The molecule has 0 aromatic heterocycles. The van der Waals surface area contributed by atoms with Gasteiger partial charge in [0.2, 0.25) is 0 Å². The summed E-state index contributed by atoms with van der Waals surface area (Å²) in [5, 5.41) is 5.77. The number of rotatable bonds is 6. The summed E-state index contributed by atoms with van der Waals surface area (Å²) < 4.78 is 43.2. The maximum absolute atomic E-state index is 14.5. The zero-order valence-corrected chi connectivity index (χ0v) is 18.2. The summed E-state index contributed by atoms with van der Waals surface area (Å²) in [5.74, 6) is -3.51. The molecule has 0 atom stereocenters. The van der Waals surface area contributed by atoms with E-state index in [4.69, 9.17) is 5.73 Å². The Morgan fingerprint density at radius 3 is 2.52 bits per heavy atom. The molecular weight excluding hydrogens is 496 g/mol. The molecule has 1 fully saturated rings. The maximum atomic E-state index is 14.5. The maximum Gasteiger partial charge on any atom is 0.256 e. The van der Waals surface area contributed by atoms with Gasteiger partial charge in [0.25, 0.3) is 5.91 Å². The van der Waals surface area contributed by atoms with Crippen molar-refractivity contribution in [2.24, 2.45) is 5.73 Å². The van der Waals surface area contributed by atoms with Gasteiger partial charge < -0.3 is 21.3 Å². The van der Waals surface area contributed by atoms with Crippen molar-refractivity contribution in [1.82, 2.24) is 10.2 Å². The van der Waals surface area contributed by atoms with Crippen molar-refractivity contribution in [3.63, 3.8) is 0 Å². The Labute approximate surface area is 181 Å². The highest BCUT2D eigenvalue weighted by molar-refractivity contribution is 14.1. The van der Waals surface area contributed by atoms with Crippen LogP contribution < -0.4 is 16.4 Å². The smallest absolute Gasteiger partial charge is 0.256 e. The van der Waals surface area contributed by atoms with Crippen LogP contribution in [0, 0.1) is 21.0 Å². The molecule has 1 aliphatic heterocycles. The number of benzene rings is 2. The van der Waals surface area contributed by atoms with E-state index in [0.717, 1.165) is 6.07 Å². The SMILES string of the molecule is CC(C)NCC1(N)CN(C(=O)c2ccc(F)c(F)c2Nc2ccc(I)cc2F)C1. The molecule has 0 unspecified atom stereocenters. The highest BCUT2D eigenvalue weighted by Crippen LogP contribution is 2.31. The summed E-state index contributed by atoms with van der Waals surface area (Å²) in [6.45, 7) is 5.08. The van der Waals surface area contributed by atoms with E-state index in [9.17, 15) is 18.0 Å². The first-order valence-electron chi connectivity index (χ1n) is 9.11. The van der Waals surface area contributed by atoms with Gasteiger partial charge in [-0.2, -0.15) is 0 Å². The topological polar surface area (TPSA) is 70.4 Å². The molecular formula is C20H22F3IN4O. The van der Waals surface area contributed by atoms with Crippen LogP contribution in [-0.2, 0) is 0 Å². The molecule has 0 saturated carbocycles. The lowest BCUT2D eigenvalue weighted by atomic mass is 9.89. The highest BCUT2D eigenvalue weighted by Gasteiger charge is 2.42. The number of nitrogens with one attached hydrogen (secondary N) is 2. The largest absolute Gasteiger partial charge is 0.350 e. The quantitative estimate of drug-likeness (QED) is 0.512. The van der Waals surface area contributed by atoms with Gasteiger partial charge in [0.1, 0.15) is 5.82 Å². The van der Waals surface area contributed by atoms with Crippen LogP contribution in [0.3, 0.4) is 0 Å². The molecule has 4 N–H and O–H groups in total. The lowest BCUT2D eigenvalue weighted by Crippen LogP contribution is -2.72. The van der Waals surface area contributed by atoms with Gasteiger partial charge in [-0.3, -0.25) is 4.79 Å². The second-order valence-corrected chi connectivity index (χ2v) is 8.84. The molecule has 5 nitrogen and oxygen atoms in total. The summed E-state index contributed by atoms with van der Waals surface area (Å²) in [4.78, 5) is 14.4. The fourth-order valence-electron chi connectivity index (χ4n) is 3.12. The van der Waals surface area contributed by atoms with E-state index in [2.05, 4.69) is 10.6 Å². The van der Waals surface area contributed by atoms with Crippen LogP contribution >= 0.6 is 22.6 Å². The van der Waals surface area contributed by atoms with Gasteiger partial charge in [-0.05, 0) is 52.9 Å². The zero-order chi connectivity index (χ0) is 21.3. The Bertz CT molecular complexity index is 932. The standard InChI is InChI=1S/C20H22F3IN4O/c1-11(2)26-8-20(25)9-28(10-20)19(29)13-4-5-14(21)17(23)18(13)27-16-6-3-12(24)7-15(16)22/h3-7,11,26-27H,8-10,25H2,1-2H3. The van der Waals surface area contributed by atoms with Gasteiger partial charge >= 0.3 is 0 Å². The molecule has 9 heteroatoms. The molecule has 0 aliphatic carbocycles. The van der Waals surface area contributed by atoms with Crippen molar-refractivity contribution >= 4 is 39.9 Å². The Kier molecular flexibility index (Phi) is 6.39. The molecule has 1 aliphatic rings. The summed E-state index contributed by atoms with van der Waals surface area (Å²) in [5.41, 5.74) is 5.14. The molecule has 1 saturated heterocycles. The number of carbonyl (C=O) groups is 1. The van der Waals surface area contributed by atoms with E-state index in [0.29, 0.717) is 10.1 Å². The average molecular weight is 518 g/mol. The van der Waals surface area contributed by atoms with E-state index < -0.39 is 34.6 Å². The molecule has 156 valence electrons. The highest BCUT2D eigenvalue weighted by atomic mass is 127. The molecule has 2 aromatic rings. The number of nitrogens with two attached hydrogens (primary N) is 1. The van der Waals surface area contributed by atoms with Crippen molar-refractivity contribution in [1.29, 1.82) is 0 Å². The number of carbonyl (C=O) groups excluding carboxylic acids is 1. The fraction of sp³-hybridized carbons (Fsp3) is 0.350. The van der Waals surface area contributed by atoms with Gasteiger partial charge in [-0.25, -0.2) is 13.2 Å². The van der Waals surface area contributed by atoms with Gasteiger partial charge in [-0.15, -0.1) is 0 Å². The normalized spacial score (nSPS) is 15.4. The van der Waals surface area contributed by atoms with Crippen LogP contribution in [0.15, 0.2) is 30.3 Å². The van der Waals surface area contributed by atoms with Crippen LogP contribution in [0.2, 0.25) is 0 Å². The van der Waals surface area contributed by atoms with E-state index in [1.54, 1.807) is 6.07 Å². The van der Waals surface area contributed by atoms with Crippen LogP contribution in [0.5, 0.6) is 0 Å². The second kappa shape index (κ2) is 8.49. The molecule has 1 amide bonds. The third-order valence-electron chi connectivity index (χ3n) is 4.68. The molecule has 1 heterocycles. The molecule has 0 bridgehead atoms. The second-order valence-electron chi connectivity index (χ2n) is 7.59. The minimum absolute atomic E-state index is 0.0538. The molecule has 0 radical (unpaired) electrons. The van der Waals surface area contributed by atoms with Crippen molar-refractivity contribution in [2.75, 3.05) is 25.0 Å². The third kappa shape index (κ3) is 4.84. The van der Waals surface area contributed by atoms with Crippen LogP contribution in [-0.4, -0.2) is 42.0 Å². The zero-order valence-electron chi connectivity index (χ0n) is 16.0. The van der Waals surface area contributed by atoms with Gasteiger partial charge in [0.15, 0.2) is 11.6 Å². The number of halogens is 4. The van der Waals surface area contributed by atoms with E-state index in [1.807, 2.05) is 36.4 Å². The Morgan fingerprint density at radius 2 is 1.90 bits per heavy atom. The fourth-order valence-corrected chi connectivity index (χ4v) is 3.58. The van der Waals surface area contributed by atoms with Crippen LogP contribution in [0.4, 0.5) is 24.5 Å². The summed E-state index contributed by atoms with van der Waals surface area (Å²) in [6.07, 6.45) is 0. The van der Waals surface area contributed by atoms with Crippen molar-refractivity contribution in [3.05, 3.63) is 56.9 Å². The molecule has 2 aromatic carbocycles. The number of hydrogen-bond acceptors (Lipinski definition) is 4.